The zero-order valence-corrected chi connectivity index (χ0v) is 14.2. The number of ether oxygens (including phenoxy) is 1. The fourth-order valence-electron chi connectivity index (χ4n) is 3.31. The average molecular weight is 352 g/mol. The van der Waals surface area contributed by atoms with E-state index in [9.17, 15) is 19.8 Å². The minimum absolute atomic E-state index is 0.0934. The summed E-state index contributed by atoms with van der Waals surface area (Å²) in [7, 11) is 0. The van der Waals surface area contributed by atoms with Crippen molar-refractivity contribution in [2.75, 3.05) is 6.61 Å². The van der Waals surface area contributed by atoms with E-state index >= 15 is 0 Å². The van der Waals surface area contributed by atoms with Gasteiger partial charge in [0.05, 0.1) is 17.0 Å². The third kappa shape index (κ3) is 2.42. The SMILES string of the molecule is CC(=O)c1cc2c(cc1O)C(c1cc3cc(O)c(C(C)=O)cc3o1)CO2. The number of hydrogen-bond acceptors (Lipinski definition) is 6. The standard InChI is InChI=1S/C20H16O6/c1-9(21)12-6-18-11(3-16(12)23)4-20(26-18)15-8-25-19-7-13(10(2)22)17(24)5-14(15)19/h3-7,15,23-24H,8H2,1-2H3. The van der Waals surface area contributed by atoms with Crippen molar-refractivity contribution in [2.45, 2.75) is 19.8 Å². The minimum atomic E-state index is -0.257. The number of fused-ring (bicyclic) bond motifs is 2. The number of aromatic hydroxyl groups is 2. The van der Waals surface area contributed by atoms with Crippen molar-refractivity contribution in [1.29, 1.82) is 0 Å². The van der Waals surface area contributed by atoms with Gasteiger partial charge in [-0.3, -0.25) is 9.59 Å². The molecular formula is C20H16O6. The summed E-state index contributed by atoms with van der Waals surface area (Å²) in [6.45, 7) is 3.06. The highest BCUT2D eigenvalue weighted by molar-refractivity contribution is 6.00. The molecule has 6 nitrogen and oxygen atoms in total. The highest BCUT2D eigenvalue weighted by atomic mass is 16.5. The number of benzene rings is 2. The molecule has 2 aromatic carbocycles. The molecule has 2 N–H and O–H groups in total. The molecule has 0 spiro atoms. The van der Waals surface area contributed by atoms with Crippen molar-refractivity contribution < 1.29 is 29.0 Å². The Morgan fingerprint density at radius 2 is 1.62 bits per heavy atom. The van der Waals surface area contributed by atoms with Gasteiger partial charge in [-0.2, -0.15) is 0 Å². The van der Waals surface area contributed by atoms with Gasteiger partial charge in [-0.05, 0) is 44.2 Å². The summed E-state index contributed by atoms with van der Waals surface area (Å²) in [5, 5.41) is 20.8. The van der Waals surface area contributed by atoms with Crippen LogP contribution >= 0.6 is 0 Å². The van der Waals surface area contributed by atoms with Gasteiger partial charge in [0.25, 0.3) is 0 Å². The zero-order valence-electron chi connectivity index (χ0n) is 14.2. The average Bonchev–Trinajstić information content (AvgIpc) is 3.15. The van der Waals surface area contributed by atoms with Gasteiger partial charge in [0.1, 0.15) is 35.2 Å². The van der Waals surface area contributed by atoms with Crippen LogP contribution in [0.5, 0.6) is 17.2 Å². The van der Waals surface area contributed by atoms with Crippen molar-refractivity contribution in [3.63, 3.8) is 0 Å². The van der Waals surface area contributed by atoms with Crippen LogP contribution in [0, 0.1) is 0 Å². The van der Waals surface area contributed by atoms with Gasteiger partial charge < -0.3 is 19.4 Å². The van der Waals surface area contributed by atoms with Crippen LogP contribution in [-0.4, -0.2) is 28.4 Å². The van der Waals surface area contributed by atoms with Crippen LogP contribution in [0.2, 0.25) is 0 Å². The Morgan fingerprint density at radius 1 is 0.962 bits per heavy atom. The molecular weight excluding hydrogens is 336 g/mol. The second kappa shape index (κ2) is 5.62. The zero-order chi connectivity index (χ0) is 18.6. The maximum absolute atomic E-state index is 11.6. The molecule has 6 heteroatoms. The second-order valence-electron chi connectivity index (χ2n) is 6.44. The van der Waals surface area contributed by atoms with E-state index in [1.165, 1.54) is 38.1 Å². The van der Waals surface area contributed by atoms with Crippen LogP contribution in [0.4, 0.5) is 0 Å². The second-order valence-corrected chi connectivity index (χ2v) is 6.44. The Labute approximate surface area is 148 Å². The molecule has 0 fully saturated rings. The van der Waals surface area contributed by atoms with Gasteiger partial charge in [0.2, 0.25) is 0 Å². The van der Waals surface area contributed by atoms with Crippen LogP contribution in [0.3, 0.4) is 0 Å². The van der Waals surface area contributed by atoms with Gasteiger partial charge in [0, 0.05) is 10.9 Å². The van der Waals surface area contributed by atoms with Crippen LogP contribution in [-0.2, 0) is 0 Å². The molecule has 1 aliphatic heterocycles. The first-order chi connectivity index (χ1) is 12.3. The number of furan rings is 1. The van der Waals surface area contributed by atoms with Gasteiger partial charge in [0.15, 0.2) is 11.6 Å². The van der Waals surface area contributed by atoms with Crippen molar-refractivity contribution in [3.8, 4) is 17.2 Å². The van der Waals surface area contributed by atoms with E-state index in [0.29, 0.717) is 29.1 Å². The minimum Gasteiger partial charge on any atom is -0.507 e. The maximum Gasteiger partial charge on any atom is 0.163 e. The molecule has 0 bridgehead atoms. The molecule has 0 amide bonds. The highest BCUT2D eigenvalue weighted by Crippen LogP contribution is 2.43. The first-order valence-electron chi connectivity index (χ1n) is 8.13. The fourth-order valence-corrected chi connectivity index (χ4v) is 3.31. The van der Waals surface area contributed by atoms with E-state index in [-0.39, 0.29) is 40.1 Å². The Bertz CT molecular complexity index is 1080. The molecule has 1 aromatic heterocycles. The molecule has 0 saturated heterocycles. The summed E-state index contributed by atoms with van der Waals surface area (Å²) in [6.07, 6.45) is 0. The van der Waals surface area contributed by atoms with Gasteiger partial charge >= 0.3 is 0 Å². The lowest BCUT2D eigenvalue weighted by Gasteiger charge is -2.07. The number of hydrogen-bond donors (Lipinski definition) is 2. The van der Waals surface area contributed by atoms with Gasteiger partial charge in [-0.1, -0.05) is 0 Å². The number of phenolic OH excluding ortho intramolecular Hbond substituents is 2. The number of phenols is 2. The monoisotopic (exact) mass is 352 g/mol. The Hall–Kier alpha value is -3.28. The summed E-state index contributed by atoms with van der Waals surface area (Å²) < 4.78 is 11.5. The highest BCUT2D eigenvalue weighted by Gasteiger charge is 2.31. The predicted octanol–water partition coefficient (Wildman–Crippen LogP) is 3.77. The van der Waals surface area contributed by atoms with Crippen LogP contribution < -0.4 is 4.74 Å². The lowest BCUT2D eigenvalue weighted by atomic mass is 9.96. The maximum atomic E-state index is 11.6. The Balaban J connectivity index is 1.80. The van der Waals surface area contributed by atoms with Crippen molar-refractivity contribution >= 4 is 22.5 Å². The van der Waals surface area contributed by atoms with Crippen molar-refractivity contribution in [3.05, 3.63) is 52.8 Å². The van der Waals surface area contributed by atoms with Crippen molar-refractivity contribution in [1.82, 2.24) is 0 Å². The number of carbonyl (C=O) groups is 2. The number of Topliss-reactive ketones (excluding diaryl/α,β-unsaturated/α-hetero) is 2. The van der Waals surface area contributed by atoms with E-state index in [1.807, 2.05) is 0 Å². The summed E-state index contributed by atoms with van der Waals surface area (Å²) in [5.74, 6) is 0.183. The van der Waals surface area contributed by atoms with Crippen molar-refractivity contribution in [2.24, 2.45) is 0 Å². The first-order valence-corrected chi connectivity index (χ1v) is 8.13. The van der Waals surface area contributed by atoms with E-state index in [1.54, 1.807) is 6.07 Å². The molecule has 0 saturated carbocycles. The molecule has 26 heavy (non-hydrogen) atoms. The smallest absolute Gasteiger partial charge is 0.163 e. The molecule has 3 aromatic rings. The molecule has 1 unspecified atom stereocenters. The first kappa shape index (κ1) is 16.2. The molecule has 4 rings (SSSR count). The summed E-state index contributed by atoms with van der Waals surface area (Å²) in [4.78, 5) is 23.2. The lowest BCUT2D eigenvalue weighted by molar-refractivity contribution is 0.100. The lowest BCUT2D eigenvalue weighted by Crippen LogP contribution is -2.00. The van der Waals surface area contributed by atoms with Crippen LogP contribution in [0.25, 0.3) is 11.0 Å². The largest absolute Gasteiger partial charge is 0.507 e. The molecule has 2 heterocycles. The van der Waals surface area contributed by atoms with E-state index in [4.69, 9.17) is 9.15 Å². The molecule has 0 aliphatic carbocycles. The molecule has 0 radical (unpaired) electrons. The fraction of sp³-hybridized carbons (Fsp3) is 0.200. The topological polar surface area (TPSA) is 97.0 Å². The van der Waals surface area contributed by atoms with E-state index < -0.39 is 0 Å². The van der Waals surface area contributed by atoms with E-state index in [0.717, 1.165) is 5.56 Å². The third-order valence-corrected chi connectivity index (χ3v) is 4.66. The summed E-state index contributed by atoms with van der Waals surface area (Å²) in [6, 6.07) is 7.85. The third-order valence-electron chi connectivity index (χ3n) is 4.66. The summed E-state index contributed by atoms with van der Waals surface area (Å²) in [5.41, 5.74) is 1.62. The van der Waals surface area contributed by atoms with Gasteiger partial charge in [-0.25, -0.2) is 0 Å². The van der Waals surface area contributed by atoms with Crippen LogP contribution in [0.15, 0.2) is 34.7 Å². The summed E-state index contributed by atoms with van der Waals surface area (Å²) >= 11 is 0. The quantitative estimate of drug-likeness (QED) is 0.697. The van der Waals surface area contributed by atoms with Gasteiger partial charge in [-0.15, -0.1) is 0 Å². The molecule has 1 atom stereocenters. The normalized spacial score (nSPS) is 15.7. The Kier molecular flexibility index (Phi) is 3.50. The Morgan fingerprint density at radius 3 is 2.31 bits per heavy atom. The predicted molar refractivity (Wildman–Crippen MR) is 93.3 cm³/mol. The molecule has 132 valence electrons. The number of carbonyl (C=O) groups excluding carboxylic acids is 2. The number of rotatable bonds is 3. The number of ketones is 2. The van der Waals surface area contributed by atoms with Crippen LogP contribution in [0.1, 0.15) is 51.8 Å². The van der Waals surface area contributed by atoms with E-state index in [2.05, 4.69) is 0 Å². The molecule has 1 aliphatic rings.